The van der Waals surface area contributed by atoms with Crippen LogP contribution in [0.3, 0.4) is 0 Å². The molecule has 0 unspecified atom stereocenters. The van der Waals surface area contributed by atoms with Crippen molar-refractivity contribution in [2.75, 3.05) is 13.2 Å². The maximum absolute atomic E-state index is 8.37. The van der Waals surface area contributed by atoms with Crippen LogP contribution in [0.4, 0.5) is 0 Å². The van der Waals surface area contributed by atoms with Crippen molar-refractivity contribution in [3.8, 4) is 6.07 Å². The standard InChI is InChI=1S/C11H20BNO2/c1-11(2)9-14-12(15-10-11)7-5-3-4-6-8-13/h3-7,9-10H2,1-2H3. The van der Waals surface area contributed by atoms with Gasteiger partial charge in [-0.3, -0.25) is 0 Å². The highest BCUT2D eigenvalue weighted by Gasteiger charge is 2.31. The van der Waals surface area contributed by atoms with Crippen molar-refractivity contribution in [1.82, 2.24) is 0 Å². The second-order valence-corrected chi connectivity index (χ2v) is 4.97. The minimum Gasteiger partial charge on any atom is -0.410 e. The quantitative estimate of drug-likeness (QED) is 0.516. The van der Waals surface area contributed by atoms with Crippen molar-refractivity contribution in [3.05, 3.63) is 0 Å². The van der Waals surface area contributed by atoms with Gasteiger partial charge in [-0.25, -0.2) is 0 Å². The van der Waals surface area contributed by atoms with Crippen molar-refractivity contribution in [1.29, 1.82) is 5.26 Å². The Balaban J connectivity index is 2.02. The molecule has 0 aromatic carbocycles. The van der Waals surface area contributed by atoms with Gasteiger partial charge in [0.1, 0.15) is 0 Å². The first-order valence-electron chi connectivity index (χ1n) is 5.74. The highest BCUT2D eigenvalue weighted by molar-refractivity contribution is 6.44. The molecule has 1 aliphatic rings. The zero-order valence-electron chi connectivity index (χ0n) is 9.79. The summed E-state index contributed by atoms with van der Waals surface area (Å²) in [7, 11) is -0.0138. The summed E-state index contributed by atoms with van der Waals surface area (Å²) in [6.07, 6.45) is 4.81. The van der Waals surface area contributed by atoms with E-state index in [9.17, 15) is 0 Å². The molecule has 3 nitrogen and oxygen atoms in total. The van der Waals surface area contributed by atoms with Crippen LogP contribution in [0.5, 0.6) is 0 Å². The molecule has 0 aliphatic carbocycles. The summed E-state index contributed by atoms with van der Waals surface area (Å²) in [5, 5.41) is 8.37. The van der Waals surface area contributed by atoms with Crippen LogP contribution < -0.4 is 0 Å². The zero-order chi connectivity index (χ0) is 11.1. The average Bonchev–Trinajstić information content (AvgIpc) is 2.20. The Hall–Kier alpha value is -0.525. The van der Waals surface area contributed by atoms with Crippen LogP contribution in [0.2, 0.25) is 6.32 Å². The van der Waals surface area contributed by atoms with Crippen LogP contribution in [0.25, 0.3) is 0 Å². The molecular weight excluding hydrogens is 189 g/mol. The molecule has 0 aromatic heterocycles. The van der Waals surface area contributed by atoms with Crippen molar-refractivity contribution >= 4 is 7.12 Å². The molecule has 0 radical (unpaired) electrons. The van der Waals surface area contributed by atoms with Crippen LogP contribution in [-0.2, 0) is 9.31 Å². The second-order valence-electron chi connectivity index (χ2n) is 4.97. The second kappa shape index (κ2) is 6.14. The van der Waals surface area contributed by atoms with Gasteiger partial charge in [-0.05, 0) is 12.7 Å². The molecule has 0 N–H and O–H groups in total. The Kier molecular flexibility index (Phi) is 5.14. The Labute approximate surface area is 92.9 Å². The average molecular weight is 209 g/mol. The molecule has 0 saturated carbocycles. The molecule has 1 fully saturated rings. The third kappa shape index (κ3) is 5.20. The van der Waals surface area contributed by atoms with Gasteiger partial charge in [0.05, 0.1) is 6.07 Å². The van der Waals surface area contributed by atoms with Gasteiger partial charge in [0.25, 0.3) is 0 Å². The lowest BCUT2D eigenvalue weighted by Crippen LogP contribution is -2.40. The molecule has 0 atom stereocenters. The van der Waals surface area contributed by atoms with E-state index in [1.54, 1.807) is 0 Å². The molecule has 0 spiro atoms. The van der Waals surface area contributed by atoms with Crippen molar-refractivity contribution in [3.63, 3.8) is 0 Å². The smallest absolute Gasteiger partial charge is 0.410 e. The van der Waals surface area contributed by atoms with E-state index in [4.69, 9.17) is 14.6 Å². The fourth-order valence-electron chi connectivity index (χ4n) is 1.59. The topological polar surface area (TPSA) is 42.2 Å². The predicted octanol–water partition coefficient (Wildman–Crippen LogP) is 2.63. The van der Waals surface area contributed by atoms with Crippen LogP contribution in [0.15, 0.2) is 0 Å². The van der Waals surface area contributed by atoms with Crippen molar-refractivity contribution in [2.45, 2.75) is 45.9 Å². The predicted molar refractivity (Wildman–Crippen MR) is 60.3 cm³/mol. The van der Waals surface area contributed by atoms with Gasteiger partial charge in [-0.15, -0.1) is 0 Å². The Morgan fingerprint density at radius 2 is 1.87 bits per heavy atom. The summed E-state index contributed by atoms with van der Waals surface area (Å²) >= 11 is 0. The fraction of sp³-hybridized carbons (Fsp3) is 0.909. The Bertz CT molecular complexity index is 215. The molecule has 0 amide bonds. The highest BCUT2D eigenvalue weighted by atomic mass is 16.6. The molecule has 1 saturated heterocycles. The van der Waals surface area contributed by atoms with Gasteiger partial charge in [0.15, 0.2) is 0 Å². The third-order valence-electron chi connectivity index (χ3n) is 2.55. The lowest BCUT2D eigenvalue weighted by molar-refractivity contribution is 0.0280. The lowest BCUT2D eigenvalue weighted by atomic mass is 9.78. The zero-order valence-corrected chi connectivity index (χ0v) is 9.79. The normalized spacial score (nSPS) is 19.9. The summed E-state index contributed by atoms with van der Waals surface area (Å²) in [6.45, 7) is 5.87. The number of nitriles is 1. The monoisotopic (exact) mass is 209 g/mol. The lowest BCUT2D eigenvalue weighted by Gasteiger charge is -2.33. The van der Waals surface area contributed by atoms with Crippen molar-refractivity contribution in [2.24, 2.45) is 5.41 Å². The number of rotatable bonds is 5. The van der Waals surface area contributed by atoms with E-state index in [0.29, 0.717) is 6.42 Å². The summed E-state index contributed by atoms with van der Waals surface area (Å²) in [6, 6.07) is 2.15. The molecule has 0 aromatic rings. The van der Waals surface area contributed by atoms with Gasteiger partial charge in [-0.1, -0.05) is 26.7 Å². The van der Waals surface area contributed by atoms with Gasteiger partial charge < -0.3 is 9.31 Å². The maximum atomic E-state index is 8.37. The summed E-state index contributed by atoms with van der Waals surface area (Å²) in [4.78, 5) is 0. The van der Waals surface area contributed by atoms with Crippen LogP contribution >= 0.6 is 0 Å². The molecule has 1 aliphatic heterocycles. The maximum Gasteiger partial charge on any atom is 0.456 e. The largest absolute Gasteiger partial charge is 0.456 e. The highest BCUT2D eigenvalue weighted by Crippen LogP contribution is 2.23. The van der Waals surface area contributed by atoms with Gasteiger partial charge in [0.2, 0.25) is 0 Å². The first kappa shape index (κ1) is 12.5. The van der Waals surface area contributed by atoms with Crippen LogP contribution in [0, 0.1) is 16.7 Å². The number of unbranched alkanes of at least 4 members (excludes halogenated alkanes) is 3. The molecule has 1 rings (SSSR count). The van der Waals surface area contributed by atoms with E-state index in [-0.39, 0.29) is 12.5 Å². The molecule has 1 heterocycles. The van der Waals surface area contributed by atoms with Gasteiger partial charge >= 0.3 is 7.12 Å². The third-order valence-corrected chi connectivity index (χ3v) is 2.55. The molecule has 84 valence electrons. The van der Waals surface area contributed by atoms with E-state index in [1.807, 2.05) is 0 Å². The van der Waals surface area contributed by atoms with E-state index < -0.39 is 0 Å². The minimum absolute atomic E-state index is 0.0138. The van der Waals surface area contributed by atoms with Crippen LogP contribution in [-0.4, -0.2) is 20.3 Å². The number of hydrogen-bond donors (Lipinski definition) is 0. The van der Waals surface area contributed by atoms with E-state index in [2.05, 4.69) is 19.9 Å². The van der Waals surface area contributed by atoms with E-state index in [1.165, 1.54) is 0 Å². The van der Waals surface area contributed by atoms with Gasteiger partial charge in [0, 0.05) is 25.0 Å². The summed E-state index contributed by atoms with van der Waals surface area (Å²) < 4.78 is 11.2. The molecular formula is C11H20BNO2. The Morgan fingerprint density at radius 1 is 1.20 bits per heavy atom. The number of hydrogen-bond acceptors (Lipinski definition) is 3. The van der Waals surface area contributed by atoms with Crippen LogP contribution in [0.1, 0.15) is 39.5 Å². The molecule has 0 bridgehead atoms. The van der Waals surface area contributed by atoms with Gasteiger partial charge in [-0.2, -0.15) is 5.26 Å². The molecule has 15 heavy (non-hydrogen) atoms. The van der Waals surface area contributed by atoms with Crippen molar-refractivity contribution < 1.29 is 9.31 Å². The molecule has 4 heteroatoms. The summed E-state index contributed by atoms with van der Waals surface area (Å²) in [5.74, 6) is 0. The number of nitrogens with zero attached hydrogens (tertiary/aromatic N) is 1. The first-order valence-corrected chi connectivity index (χ1v) is 5.74. The van der Waals surface area contributed by atoms with E-state index >= 15 is 0 Å². The SMILES string of the molecule is CC1(C)COB(CCCCCC#N)OC1. The fourth-order valence-corrected chi connectivity index (χ4v) is 1.59. The summed E-state index contributed by atoms with van der Waals surface area (Å²) in [5.41, 5.74) is 0.164. The Morgan fingerprint density at radius 3 is 2.47 bits per heavy atom. The first-order chi connectivity index (χ1) is 7.14. The van der Waals surface area contributed by atoms with E-state index in [0.717, 1.165) is 38.8 Å². The minimum atomic E-state index is -0.0138.